The molecule has 220 valence electrons. The zero-order valence-corrected chi connectivity index (χ0v) is 24.7. The summed E-state index contributed by atoms with van der Waals surface area (Å²) in [5.74, 6) is 1.78. The van der Waals surface area contributed by atoms with Crippen molar-refractivity contribution >= 4 is 39.9 Å². The molecule has 0 atom stereocenters. The van der Waals surface area contributed by atoms with Gasteiger partial charge < -0.3 is 29.2 Å². The van der Waals surface area contributed by atoms with Crippen LogP contribution < -0.4 is 30.0 Å². The summed E-state index contributed by atoms with van der Waals surface area (Å²) in [6.45, 7) is 3.21. The number of carbonyl (C=O) groups excluding carboxylic acids is 1. The van der Waals surface area contributed by atoms with Gasteiger partial charge in [0, 0.05) is 37.1 Å². The average molecular weight is 591 g/mol. The second kappa shape index (κ2) is 13.6. The van der Waals surface area contributed by atoms with E-state index in [1.165, 1.54) is 11.8 Å². The number of nitrogens with zero attached hydrogens (tertiary/aromatic N) is 3. The van der Waals surface area contributed by atoms with Crippen LogP contribution in [0.5, 0.6) is 17.2 Å². The summed E-state index contributed by atoms with van der Waals surface area (Å²) < 4.78 is 23.2. The summed E-state index contributed by atoms with van der Waals surface area (Å²) in [7, 11) is 4.76. The molecule has 5 rings (SSSR count). The lowest BCUT2D eigenvalue weighted by molar-refractivity contribution is -0.113. The van der Waals surface area contributed by atoms with Gasteiger partial charge in [-0.3, -0.25) is 14.2 Å². The molecule has 1 aliphatic rings. The van der Waals surface area contributed by atoms with Crippen LogP contribution in [0.1, 0.15) is 5.56 Å². The number of hydrogen-bond donors (Lipinski definition) is 1. The molecule has 1 N–H and O–H groups in total. The largest absolute Gasteiger partial charge is 0.497 e. The van der Waals surface area contributed by atoms with Crippen molar-refractivity contribution in [1.29, 1.82) is 0 Å². The molecule has 0 aliphatic carbocycles. The molecule has 1 saturated heterocycles. The number of hydrogen-bond acceptors (Lipinski definition) is 9. The maximum Gasteiger partial charge on any atom is 0.262 e. The summed E-state index contributed by atoms with van der Waals surface area (Å²) >= 11 is 1.23. The predicted molar refractivity (Wildman–Crippen MR) is 165 cm³/mol. The molecule has 1 fully saturated rings. The van der Waals surface area contributed by atoms with E-state index in [0.717, 1.165) is 24.3 Å². The number of aryl methyl sites for hydroxylation is 1. The van der Waals surface area contributed by atoms with Gasteiger partial charge in [-0.2, -0.15) is 0 Å². The normalized spacial score (nSPS) is 13.2. The van der Waals surface area contributed by atoms with Crippen LogP contribution in [0.2, 0.25) is 0 Å². The van der Waals surface area contributed by atoms with E-state index in [0.29, 0.717) is 65.2 Å². The van der Waals surface area contributed by atoms with Crippen LogP contribution in [0.25, 0.3) is 10.9 Å². The molecule has 11 heteroatoms. The van der Waals surface area contributed by atoms with E-state index in [1.807, 2.05) is 48.5 Å². The third-order valence-electron chi connectivity index (χ3n) is 7.04. The van der Waals surface area contributed by atoms with Gasteiger partial charge in [0.1, 0.15) is 5.75 Å². The molecule has 4 aromatic rings. The lowest BCUT2D eigenvalue weighted by Crippen LogP contribution is -2.36. The molecule has 0 spiro atoms. The van der Waals surface area contributed by atoms with Crippen molar-refractivity contribution in [2.24, 2.45) is 0 Å². The Morgan fingerprint density at radius 2 is 1.79 bits per heavy atom. The van der Waals surface area contributed by atoms with Gasteiger partial charge in [0.15, 0.2) is 16.7 Å². The average Bonchev–Trinajstić information content (AvgIpc) is 3.03. The number of nitrogens with one attached hydrogen (secondary N) is 1. The van der Waals surface area contributed by atoms with Crippen LogP contribution in [0.3, 0.4) is 0 Å². The molecule has 1 aliphatic heterocycles. The Bertz CT molecular complexity index is 1620. The van der Waals surface area contributed by atoms with E-state index < -0.39 is 0 Å². The summed E-state index contributed by atoms with van der Waals surface area (Å²) in [5.41, 5.74) is 3.02. The number of methoxy groups -OCH3 is 3. The van der Waals surface area contributed by atoms with Gasteiger partial charge in [-0.05, 0) is 54.4 Å². The van der Waals surface area contributed by atoms with Gasteiger partial charge in [0.05, 0.1) is 51.2 Å². The second-order valence-electron chi connectivity index (χ2n) is 9.66. The van der Waals surface area contributed by atoms with Crippen molar-refractivity contribution in [1.82, 2.24) is 9.55 Å². The number of carbonyl (C=O) groups is 1. The van der Waals surface area contributed by atoms with E-state index in [4.69, 9.17) is 23.9 Å². The third kappa shape index (κ3) is 6.80. The first kappa shape index (κ1) is 29.3. The summed E-state index contributed by atoms with van der Waals surface area (Å²) in [6.07, 6.45) is 0.556. The Balaban J connectivity index is 1.43. The number of morpholine rings is 1. The predicted octanol–water partition coefficient (Wildman–Crippen LogP) is 4.23. The van der Waals surface area contributed by atoms with Crippen LogP contribution in [-0.4, -0.2) is 68.8 Å². The molecule has 0 radical (unpaired) electrons. The van der Waals surface area contributed by atoms with Crippen molar-refractivity contribution in [3.05, 3.63) is 76.6 Å². The van der Waals surface area contributed by atoms with Crippen molar-refractivity contribution in [2.45, 2.75) is 18.1 Å². The fraction of sp³-hybridized carbons (Fsp3) is 0.323. The molecule has 1 aromatic heterocycles. The molecule has 10 nitrogen and oxygen atoms in total. The number of thioether (sulfide) groups is 1. The first-order valence-corrected chi connectivity index (χ1v) is 14.6. The monoisotopic (exact) mass is 590 g/mol. The fourth-order valence-corrected chi connectivity index (χ4v) is 5.64. The Kier molecular flexibility index (Phi) is 9.50. The van der Waals surface area contributed by atoms with Gasteiger partial charge in [-0.1, -0.05) is 23.9 Å². The number of fused-ring (bicyclic) bond motifs is 1. The van der Waals surface area contributed by atoms with Crippen molar-refractivity contribution in [2.75, 3.05) is 63.6 Å². The van der Waals surface area contributed by atoms with E-state index >= 15 is 0 Å². The number of amides is 1. The van der Waals surface area contributed by atoms with Gasteiger partial charge >= 0.3 is 0 Å². The molecule has 1 amide bonds. The molecule has 2 heterocycles. The molecule has 3 aromatic carbocycles. The van der Waals surface area contributed by atoms with Gasteiger partial charge in [0.2, 0.25) is 5.91 Å². The van der Waals surface area contributed by atoms with E-state index in [1.54, 1.807) is 38.0 Å². The van der Waals surface area contributed by atoms with Crippen LogP contribution in [0, 0.1) is 0 Å². The smallest absolute Gasteiger partial charge is 0.262 e. The minimum atomic E-state index is -0.211. The molecular formula is C31H34N4O6S. The molecule has 0 bridgehead atoms. The Labute approximate surface area is 248 Å². The topological polar surface area (TPSA) is 104 Å². The van der Waals surface area contributed by atoms with Gasteiger partial charge in [-0.15, -0.1) is 0 Å². The number of rotatable bonds is 11. The van der Waals surface area contributed by atoms with Crippen LogP contribution in [-0.2, 0) is 22.5 Å². The highest BCUT2D eigenvalue weighted by molar-refractivity contribution is 7.99. The van der Waals surface area contributed by atoms with Crippen molar-refractivity contribution in [3.63, 3.8) is 0 Å². The minimum absolute atomic E-state index is 0.0807. The molecule has 0 unspecified atom stereocenters. The lowest BCUT2D eigenvalue weighted by atomic mass is 10.1. The zero-order chi connectivity index (χ0) is 29.5. The number of aromatic nitrogens is 2. The fourth-order valence-electron chi connectivity index (χ4n) is 4.82. The minimum Gasteiger partial charge on any atom is -0.497 e. The molecular weight excluding hydrogens is 556 g/mol. The maximum absolute atomic E-state index is 13.9. The first-order valence-electron chi connectivity index (χ1n) is 13.6. The summed E-state index contributed by atoms with van der Waals surface area (Å²) in [6, 6.07) is 18.6. The van der Waals surface area contributed by atoms with Crippen LogP contribution in [0.15, 0.2) is 70.6 Å². The molecule has 0 saturated carbocycles. The van der Waals surface area contributed by atoms with Gasteiger partial charge in [0.25, 0.3) is 5.56 Å². The lowest BCUT2D eigenvalue weighted by Gasteiger charge is -2.29. The second-order valence-corrected chi connectivity index (χ2v) is 10.6. The highest BCUT2D eigenvalue weighted by Crippen LogP contribution is 2.28. The van der Waals surface area contributed by atoms with Crippen LogP contribution >= 0.6 is 11.8 Å². The summed E-state index contributed by atoms with van der Waals surface area (Å²) in [5, 5.41) is 3.90. The SMILES string of the molecule is COc1cccc(NC(=O)CSc2nc3ccc(N4CCOCC4)cc3c(=O)n2CCc2ccc(OC)c(OC)c2)c1. The van der Waals surface area contributed by atoms with E-state index in [9.17, 15) is 9.59 Å². The maximum atomic E-state index is 13.9. The number of anilines is 2. The summed E-state index contributed by atoms with van der Waals surface area (Å²) in [4.78, 5) is 33.8. The van der Waals surface area contributed by atoms with Gasteiger partial charge in [-0.25, -0.2) is 4.98 Å². The van der Waals surface area contributed by atoms with Crippen molar-refractivity contribution in [3.8, 4) is 17.2 Å². The Morgan fingerprint density at radius 3 is 2.55 bits per heavy atom. The highest BCUT2D eigenvalue weighted by atomic mass is 32.2. The number of ether oxygens (including phenoxy) is 4. The zero-order valence-electron chi connectivity index (χ0n) is 23.9. The standard InChI is InChI=1S/C31H34N4O6S/c1-38-24-6-4-5-22(18-24)32-29(36)20-42-31-33-26-9-8-23(34-13-15-41-16-14-34)19-25(26)30(37)35(31)12-11-21-7-10-27(39-2)28(17-21)40-3/h4-10,17-19H,11-16,20H2,1-3H3,(H,32,36). The Hall–Kier alpha value is -4.22. The highest BCUT2D eigenvalue weighted by Gasteiger charge is 2.17. The first-order chi connectivity index (χ1) is 20.5. The van der Waals surface area contributed by atoms with Crippen LogP contribution in [0.4, 0.5) is 11.4 Å². The third-order valence-corrected chi connectivity index (χ3v) is 8.01. The quantitative estimate of drug-likeness (QED) is 0.203. The van der Waals surface area contributed by atoms with E-state index in [-0.39, 0.29) is 17.2 Å². The van der Waals surface area contributed by atoms with E-state index in [2.05, 4.69) is 10.2 Å². The van der Waals surface area contributed by atoms with Crippen molar-refractivity contribution < 1.29 is 23.7 Å². The molecule has 42 heavy (non-hydrogen) atoms. The number of benzene rings is 3. The Morgan fingerprint density at radius 1 is 0.976 bits per heavy atom.